The second-order valence-corrected chi connectivity index (χ2v) is 7.00. The van der Waals surface area contributed by atoms with Gasteiger partial charge in [0, 0.05) is 31.8 Å². The molecule has 1 unspecified atom stereocenters. The van der Waals surface area contributed by atoms with E-state index in [1.807, 2.05) is 29.2 Å². The van der Waals surface area contributed by atoms with Crippen LogP contribution in [0, 0.1) is 0 Å². The SMILES string of the molecule is COc1ccccc1Cc1cnc(C2CCCCN2C(=O)c2ccnn2C)o1. The summed E-state index contributed by atoms with van der Waals surface area (Å²) in [5.41, 5.74) is 1.62. The molecule has 0 aliphatic carbocycles. The molecule has 7 nitrogen and oxygen atoms in total. The topological polar surface area (TPSA) is 73.4 Å². The molecule has 3 aromatic rings. The van der Waals surface area contributed by atoms with E-state index in [9.17, 15) is 4.79 Å². The van der Waals surface area contributed by atoms with Gasteiger partial charge in [-0.05, 0) is 31.4 Å². The molecule has 146 valence electrons. The van der Waals surface area contributed by atoms with Crippen LogP contribution in [0.2, 0.25) is 0 Å². The van der Waals surface area contributed by atoms with Gasteiger partial charge in [-0.2, -0.15) is 5.10 Å². The van der Waals surface area contributed by atoms with Gasteiger partial charge >= 0.3 is 0 Å². The zero-order chi connectivity index (χ0) is 19.5. The summed E-state index contributed by atoms with van der Waals surface area (Å²) in [5, 5.41) is 4.12. The van der Waals surface area contributed by atoms with E-state index in [2.05, 4.69) is 10.1 Å². The molecule has 3 heterocycles. The van der Waals surface area contributed by atoms with Crippen LogP contribution in [0.3, 0.4) is 0 Å². The van der Waals surface area contributed by atoms with E-state index in [-0.39, 0.29) is 11.9 Å². The Labute approximate surface area is 163 Å². The fourth-order valence-corrected chi connectivity index (χ4v) is 3.76. The average molecular weight is 380 g/mol. The predicted octanol–water partition coefficient (Wildman–Crippen LogP) is 3.37. The third-order valence-electron chi connectivity index (χ3n) is 5.22. The number of amides is 1. The number of hydrogen-bond donors (Lipinski definition) is 0. The van der Waals surface area contributed by atoms with Gasteiger partial charge in [0.05, 0.1) is 13.3 Å². The first-order valence-corrected chi connectivity index (χ1v) is 9.53. The van der Waals surface area contributed by atoms with Crippen LogP contribution in [0.1, 0.15) is 53.0 Å². The maximum Gasteiger partial charge on any atom is 0.272 e. The van der Waals surface area contributed by atoms with Crippen molar-refractivity contribution in [1.82, 2.24) is 19.7 Å². The Bertz CT molecular complexity index is 962. The Morgan fingerprint density at radius 1 is 1.29 bits per heavy atom. The van der Waals surface area contributed by atoms with Gasteiger partial charge in [0.2, 0.25) is 5.89 Å². The summed E-state index contributed by atoms with van der Waals surface area (Å²) in [6.45, 7) is 0.693. The Kier molecular flexibility index (Phi) is 5.14. The molecule has 1 atom stereocenters. The molecule has 1 amide bonds. The summed E-state index contributed by atoms with van der Waals surface area (Å²) >= 11 is 0. The standard InChI is InChI=1S/C21H24N4O3/c1-24-18(10-11-23-24)21(26)25-12-6-5-8-17(25)20-22-14-16(28-20)13-15-7-3-4-9-19(15)27-2/h3-4,7,9-11,14,17H,5-6,8,12-13H2,1-2H3. The quantitative estimate of drug-likeness (QED) is 0.678. The van der Waals surface area contributed by atoms with Gasteiger partial charge in [0.25, 0.3) is 5.91 Å². The monoisotopic (exact) mass is 380 g/mol. The first-order chi connectivity index (χ1) is 13.7. The number of carbonyl (C=O) groups is 1. The largest absolute Gasteiger partial charge is 0.496 e. The number of nitrogens with zero attached hydrogens (tertiary/aromatic N) is 4. The van der Waals surface area contributed by atoms with E-state index in [1.54, 1.807) is 37.3 Å². The number of aromatic nitrogens is 3. The maximum atomic E-state index is 13.0. The van der Waals surface area contributed by atoms with Crippen molar-refractivity contribution in [1.29, 1.82) is 0 Å². The Hall–Kier alpha value is -3.09. The number of hydrogen-bond acceptors (Lipinski definition) is 5. The fraction of sp³-hybridized carbons (Fsp3) is 0.381. The van der Waals surface area contributed by atoms with E-state index in [1.165, 1.54) is 0 Å². The summed E-state index contributed by atoms with van der Waals surface area (Å²) in [7, 11) is 3.44. The van der Waals surface area contributed by atoms with E-state index in [0.717, 1.165) is 36.3 Å². The lowest BCUT2D eigenvalue weighted by atomic mass is 10.0. The molecule has 0 bridgehead atoms. The summed E-state index contributed by atoms with van der Waals surface area (Å²) < 4.78 is 13.1. The minimum Gasteiger partial charge on any atom is -0.496 e. The molecule has 0 saturated carbocycles. The second kappa shape index (κ2) is 7.88. The van der Waals surface area contributed by atoms with Gasteiger partial charge in [0.15, 0.2) is 0 Å². The highest BCUT2D eigenvalue weighted by Gasteiger charge is 2.33. The van der Waals surface area contributed by atoms with Crippen LogP contribution in [0.4, 0.5) is 0 Å². The summed E-state index contributed by atoms with van der Waals surface area (Å²) in [5.74, 6) is 2.15. The second-order valence-electron chi connectivity index (χ2n) is 7.00. The van der Waals surface area contributed by atoms with Gasteiger partial charge in [-0.15, -0.1) is 0 Å². The van der Waals surface area contributed by atoms with Crippen LogP contribution in [0.15, 0.2) is 47.1 Å². The molecule has 0 spiro atoms. The summed E-state index contributed by atoms with van der Waals surface area (Å²) in [4.78, 5) is 19.4. The maximum absolute atomic E-state index is 13.0. The van der Waals surface area contributed by atoms with Crippen LogP contribution in [-0.4, -0.2) is 39.2 Å². The first kappa shape index (κ1) is 18.3. The van der Waals surface area contributed by atoms with Gasteiger partial charge in [-0.1, -0.05) is 18.2 Å². The predicted molar refractivity (Wildman–Crippen MR) is 103 cm³/mol. The number of oxazole rings is 1. The van der Waals surface area contributed by atoms with Crippen LogP contribution in [-0.2, 0) is 13.5 Å². The molecule has 1 fully saturated rings. The zero-order valence-electron chi connectivity index (χ0n) is 16.2. The number of ether oxygens (including phenoxy) is 1. The number of benzene rings is 1. The highest BCUT2D eigenvalue weighted by molar-refractivity contribution is 5.92. The van der Waals surface area contributed by atoms with Crippen molar-refractivity contribution in [3.05, 3.63) is 65.6 Å². The molecule has 2 aromatic heterocycles. The molecule has 0 radical (unpaired) electrons. The third-order valence-corrected chi connectivity index (χ3v) is 5.22. The lowest BCUT2D eigenvalue weighted by molar-refractivity contribution is 0.0558. The van der Waals surface area contributed by atoms with Crippen molar-refractivity contribution < 1.29 is 13.9 Å². The number of para-hydroxylation sites is 1. The Morgan fingerprint density at radius 2 is 2.14 bits per heavy atom. The van der Waals surface area contributed by atoms with Gasteiger partial charge < -0.3 is 14.1 Å². The Morgan fingerprint density at radius 3 is 2.93 bits per heavy atom. The van der Waals surface area contributed by atoms with Gasteiger partial charge in [-0.25, -0.2) is 4.98 Å². The first-order valence-electron chi connectivity index (χ1n) is 9.53. The molecule has 28 heavy (non-hydrogen) atoms. The number of rotatable bonds is 5. The van der Waals surface area contributed by atoms with Crippen molar-refractivity contribution in [3.63, 3.8) is 0 Å². The molecule has 1 aliphatic rings. The van der Waals surface area contributed by atoms with Crippen molar-refractivity contribution in [2.45, 2.75) is 31.7 Å². The molecular formula is C21H24N4O3. The van der Waals surface area contributed by atoms with E-state index in [4.69, 9.17) is 9.15 Å². The molecule has 0 N–H and O–H groups in total. The number of aryl methyl sites for hydroxylation is 1. The highest BCUT2D eigenvalue weighted by atomic mass is 16.5. The summed E-state index contributed by atoms with van der Waals surface area (Å²) in [6, 6.07) is 9.46. The minimum absolute atomic E-state index is 0.0332. The van der Waals surface area contributed by atoms with Gasteiger partial charge in [0.1, 0.15) is 23.2 Å². The van der Waals surface area contributed by atoms with E-state index < -0.39 is 0 Å². The van der Waals surface area contributed by atoms with Crippen molar-refractivity contribution >= 4 is 5.91 Å². The minimum atomic E-state index is -0.150. The molecule has 1 aromatic carbocycles. The van der Waals surface area contributed by atoms with Crippen LogP contribution < -0.4 is 4.74 Å². The van der Waals surface area contributed by atoms with Crippen LogP contribution >= 0.6 is 0 Å². The van der Waals surface area contributed by atoms with Crippen molar-refractivity contribution in [3.8, 4) is 5.75 Å². The number of methoxy groups -OCH3 is 1. The number of likely N-dealkylation sites (tertiary alicyclic amines) is 1. The van der Waals surface area contributed by atoms with Crippen molar-refractivity contribution in [2.24, 2.45) is 7.05 Å². The average Bonchev–Trinajstić information content (AvgIpc) is 3.37. The summed E-state index contributed by atoms with van der Waals surface area (Å²) in [6.07, 6.45) is 6.86. The lowest BCUT2D eigenvalue weighted by Crippen LogP contribution is -2.39. The van der Waals surface area contributed by atoms with Crippen molar-refractivity contribution in [2.75, 3.05) is 13.7 Å². The molecule has 1 saturated heterocycles. The van der Waals surface area contributed by atoms with Gasteiger partial charge in [-0.3, -0.25) is 9.48 Å². The Balaban J connectivity index is 1.56. The number of carbonyl (C=O) groups excluding carboxylic acids is 1. The molecule has 1 aliphatic heterocycles. The highest BCUT2D eigenvalue weighted by Crippen LogP contribution is 2.32. The van der Waals surface area contributed by atoms with Crippen LogP contribution in [0.25, 0.3) is 0 Å². The fourth-order valence-electron chi connectivity index (χ4n) is 3.76. The zero-order valence-corrected chi connectivity index (χ0v) is 16.2. The molecule has 4 rings (SSSR count). The lowest BCUT2D eigenvalue weighted by Gasteiger charge is -2.33. The normalized spacial score (nSPS) is 16.9. The smallest absolute Gasteiger partial charge is 0.272 e. The van der Waals surface area contributed by atoms with E-state index in [0.29, 0.717) is 24.6 Å². The number of piperidine rings is 1. The van der Waals surface area contributed by atoms with E-state index >= 15 is 0 Å². The third kappa shape index (κ3) is 3.52. The molecule has 7 heteroatoms. The van der Waals surface area contributed by atoms with Crippen LogP contribution in [0.5, 0.6) is 5.75 Å². The molecular weight excluding hydrogens is 356 g/mol.